The van der Waals surface area contributed by atoms with E-state index < -0.39 is 0 Å². The molecule has 1 aromatic heterocycles. The highest BCUT2D eigenvalue weighted by molar-refractivity contribution is 7.13. The van der Waals surface area contributed by atoms with Gasteiger partial charge < -0.3 is 10.6 Å². The first kappa shape index (κ1) is 21.7. The van der Waals surface area contributed by atoms with Gasteiger partial charge in [-0.05, 0) is 42.5 Å². The first-order valence-corrected chi connectivity index (χ1v) is 11.1. The maximum absolute atomic E-state index is 12.1. The monoisotopic (exact) mass is 434 g/mol. The van der Waals surface area contributed by atoms with Crippen molar-refractivity contribution in [3.05, 3.63) is 45.9 Å². The number of anilines is 1. The molecule has 0 radical (unpaired) electrons. The summed E-state index contributed by atoms with van der Waals surface area (Å²) >= 11 is 7.25. The molecule has 2 N–H and O–H groups in total. The van der Waals surface area contributed by atoms with Crippen molar-refractivity contribution in [1.29, 1.82) is 0 Å². The Morgan fingerprint density at radius 3 is 2.59 bits per heavy atom. The molecule has 0 bridgehead atoms. The molecule has 2 heterocycles. The zero-order chi connectivity index (χ0) is 20.8. The summed E-state index contributed by atoms with van der Waals surface area (Å²) in [6, 6.07) is 6.63. The predicted molar refractivity (Wildman–Crippen MR) is 117 cm³/mol. The Bertz CT molecular complexity index is 829. The van der Waals surface area contributed by atoms with E-state index in [1.165, 1.54) is 17.8 Å². The van der Waals surface area contributed by atoms with Crippen LogP contribution in [0.1, 0.15) is 42.7 Å². The Hall–Kier alpha value is -1.96. The van der Waals surface area contributed by atoms with Crippen molar-refractivity contribution in [3.8, 4) is 0 Å². The van der Waals surface area contributed by atoms with Crippen molar-refractivity contribution >= 4 is 39.9 Å². The molecule has 2 atom stereocenters. The fraction of sp³-hybridized carbons (Fsp3) is 0.476. The molecule has 2 aromatic rings. The quantitative estimate of drug-likeness (QED) is 0.689. The number of carbonyl (C=O) groups is 2. The van der Waals surface area contributed by atoms with Crippen LogP contribution in [-0.4, -0.2) is 41.3 Å². The highest BCUT2D eigenvalue weighted by Gasteiger charge is 2.22. The highest BCUT2D eigenvalue weighted by Crippen LogP contribution is 2.24. The van der Waals surface area contributed by atoms with E-state index in [4.69, 9.17) is 11.6 Å². The molecule has 156 valence electrons. The van der Waals surface area contributed by atoms with E-state index in [-0.39, 0.29) is 24.8 Å². The number of rotatable bonds is 7. The number of hydrogen-bond donors (Lipinski definition) is 2. The van der Waals surface area contributed by atoms with Gasteiger partial charge in [-0.15, -0.1) is 11.3 Å². The normalized spacial score (nSPS) is 19.7. The predicted octanol–water partition coefficient (Wildman–Crippen LogP) is 4.03. The molecule has 29 heavy (non-hydrogen) atoms. The second-order valence-electron chi connectivity index (χ2n) is 7.85. The van der Waals surface area contributed by atoms with Crippen molar-refractivity contribution in [2.75, 3.05) is 25.0 Å². The maximum atomic E-state index is 12.1. The van der Waals surface area contributed by atoms with Crippen LogP contribution in [0.5, 0.6) is 0 Å². The SMILES string of the molecule is C[C@H]1C[C@H](C)CN(Cc2csc(NC(=O)CCNC(=O)c3ccc(Cl)cc3)n2)C1. The molecule has 1 aliphatic rings. The molecule has 1 aromatic carbocycles. The highest BCUT2D eigenvalue weighted by atomic mass is 35.5. The van der Waals surface area contributed by atoms with E-state index in [0.29, 0.717) is 27.6 Å². The molecule has 0 spiro atoms. The maximum Gasteiger partial charge on any atom is 0.251 e. The number of likely N-dealkylation sites (tertiary alicyclic amines) is 1. The van der Waals surface area contributed by atoms with Gasteiger partial charge in [0.25, 0.3) is 5.91 Å². The van der Waals surface area contributed by atoms with Gasteiger partial charge >= 0.3 is 0 Å². The van der Waals surface area contributed by atoms with Crippen LogP contribution in [0.3, 0.4) is 0 Å². The average Bonchev–Trinajstić information content (AvgIpc) is 3.08. The molecule has 1 fully saturated rings. The van der Waals surface area contributed by atoms with Gasteiger partial charge in [-0.25, -0.2) is 4.98 Å². The summed E-state index contributed by atoms with van der Waals surface area (Å²) in [6.45, 7) is 7.85. The van der Waals surface area contributed by atoms with Crippen LogP contribution >= 0.6 is 22.9 Å². The van der Waals surface area contributed by atoms with Gasteiger partial charge in [-0.3, -0.25) is 14.5 Å². The average molecular weight is 435 g/mol. The zero-order valence-electron chi connectivity index (χ0n) is 16.8. The lowest BCUT2D eigenvalue weighted by molar-refractivity contribution is -0.116. The Kier molecular flexibility index (Phi) is 7.64. The molecule has 6 nitrogen and oxygen atoms in total. The smallest absolute Gasteiger partial charge is 0.251 e. The van der Waals surface area contributed by atoms with Crippen LogP contribution < -0.4 is 10.6 Å². The van der Waals surface area contributed by atoms with Crippen LogP contribution in [0.2, 0.25) is 5.02 Å². The van der Waals surface area contributed by atoms with Gasteiger partial charge in [0.05, 0.1) is 5.69 Å². The second kappa shape index (κ2) is 10.2. The van der Waals surface area contributed by atoms with Gasteiger partial charge in [0.15, 0.2) is 5.13 Å². The number of hydrogen-bond acceptors (Lipinski definition) is 5. The molecule has 1 aliphatic heterocycles. The summed E-state index contributed by atoms with van der Waals surface area (Å²) in [4.78, 5) is 31.1. The number of amides is 2. The van der Waals surface area contributed by atoms with Crippen molar-refractivity contribution in [2.45, 2.75) is 33.2 Å². The third kappa shape index (κ3) is 6.80. The van der Waals surface area contributed by atoms with Gasteiger partial charge in [0.1, 0.15) is 0 Å². The Balaban J connectivity index is 1.40. The minimum absolute atomic E-state index is 0.164. The number of thiazole rings is 1. The standard InChI is InChI=1S/C21H27ClN4O2S/c1-14-9-15(2)11-26(10-14)12-18-13-29-21(24-18)25-19(27)7-8-23-20(28)16-3-5-17(22)6-4-16/h3-6,13-15H,7-12H2,1-2H3,(H,23,28)(H,24,25,27)/t14-,15-/m0/s1. The Morgan fingerprint density at radius 2 is 1.90 bits per heavy atom. The number of halogens is 1. The fourth-order valence-corrected chi connectivity index (χ4v) is 4.61. The molecular weight excluding hydrogens is 408 g/mol. The number of benzene rings is 1. The van der Waals surface area contributed by atoms with Gasteiger partial charge in [0.2, 0.25) is 5.91 Å². The van der Waals surface area contributed by atoms with Crippen LogP contribution in [-0.2, 0) is 11.3 Å². The third-order valence-electron chi connectivity index (χ3n) is 4.87. The van der Waals surface area contributed by atoms with Crippen molar-refractivity contribution in [1.82, 2.24) is 15.2 Å². The van der Waals surface area contributed by atoms with E-state index in [9.17, 15) is 9.59 Å². The van der Waals surface area contributed by atoms with Crippen molar-refractivity contribution in [3.63, 3.8) is 0 Å². The lowest BCUT2D eigenvalue weighted by Gasteiger charge is -2.34. The van der Waals surface area contributed by atoms with E-state index >= 15 is 0 Å². The first-order chi connectivity index (χ1) is 13.9. The van der Waals surface area contributed by atoms with E-state index in [2.05, 4.69) is 34.4 Å². The lowest BCUT2D eigenvalue weighted by Crippen LogP contribution is -2.38. The molecule has 8 heteroatoms. The summed E-state index contributed by atoms with van der Waals surface area (Å²) in [5.41, 5.74) is 1.50. The summed E-state index contributed by atoms with van der Waals surface area (Å²) in [6.07, 6.45) is 1.47. The van der Waals surface area contributed by atoms with Crippen LogP contribution in [0, 0.1) is 11.8 Å². The molecule has 3 rings (SSSR count). The fourth-order valence-electron chi connectivity index (χ4n) is 3.76. The topological polar surface area (TPSA) is 74.3 Å². The van der Waals surface area contributed by atoms with Gasteiger partial charge in [-0.2, -0.15) is 0 Å². The van der Waals surface area contributed by atoms with Gasteiger partial charge in [-0.1, -0.05) is 25.4 Å². The molecular formula is C21H27ClN4O2S. The van der Waals surface area contributed by atoms with Gasteiger partial charge in [0, 0.05) is 48.6 Å². The number of nitrogens with zero attached hydrogens (tertiary/aromatic N) is 2. The molecule has 2 amide bonds. The Morgan fingerprint density at radius 1 is 1.21 bits per heavy atom. The number of carbonyl (C=O) groups excluding carboxylic acids is 2. The Labute approximate surface area is 180 Å². The molecule has 0 unspecified atom stereocenters. The number of aromatic nitrogens is 1. The first-order valence-electron chi connectivity index (χ1n) is 9.89. The largest absolute Gasteiger partial charge is 0.352 e. The number of piperidine rings is 1. The molecule has 0 aliphatic carbocycles. The van der Waals surface area contributed by atoms with Crippen molar-refractivity contribution in [2.24, 2.45) is 11.8 Å². The molecule has 0 saturated carbocycles. The minimum atomic E-state index is -0.226. The van der Waals surface area contributed by atoms with E-state index in [1.54, 1.807) is 24.3 Å². The summed E-state index contributed by atoms with van der Waals surface area (Å²) in [5, 5.41) is 8.74. The second-order valence-corrected chi connectivity index (χ2v) is 9.14. The molecule has 1 saturated heterocycles. The van der Waals surface area contributed by atoms with E-state index in [0.717, 1.165) is 25.3 Å². The van der Waals surface area contributed by atoms with Crippen LogP contribution in [0.15, 0.2) is 29.6 Å². The minimum Gasteiger partial charge on any atom is -0.352 e. The summed E-state index contributed by atoms with van der Waals surface area (Å²) < 4.78 is 0. The third-order valence-corrected chi connectivity index (χ3v) is 5.93. The van der Waals surface area contributed by atoms with Crippen LogP contribution in [0.4, 0.5) is 5.13 Å². The van der Waals surface area contributed by atoms with Crippen molar-refractivity contribution < 1.29 is 9.59 Å². The number of nitrogens with one attached hydrogen (secondary N) is 2. The van der Waals surface area contributed by atoms with Crippen LogP contribution in [0.25, 0.3) is 0 Å². The lowest BCUT2D eigenvalue weighted by atomic mass is 9.92. The zero-order valence-corrected chi connectivity index (χ0v) is 18.4. The summed E-state index contributed by atoms with van der Waals surface area (Å²) in [7, 11) is 0. The summed E-state index contributed by atoms with van der Waals surface area (Å²) in [5.74, 6) is 1.03. The van der Waals surface area contributed by atoms with E-state index in [1.807, 2.05) is 5.38 Å².